The number of benzene rings is 1. The molecule has 150 valence electrons. The molecule has 0 amide bonds. The molecular weight excluding hydrogens is 417 g/mol. The average molecular weight is 434 g/mol. The highest BCUT2D eigenvalue weighted by Gasteiger charge is 2.26. The molecular formula is C20H17Cl2N3O4. The minimum atomic E-state index is -1.33. The number of carboxylic acids is 1. The molecule has 1 aliphatic rings. The number of aromatic nitrogens is 3. The Morgan fingerprint density at radius 3 is 2.62 bits per heavy atom. The molecule has 0 radical (unpaired) electrons. The molecule has 1 fully saturated rings. The van der Waals surface area contributed by atoms with Crippen molar-refractivity contribution in [3.05, 3.63) is 62.4 Å². The number of ether oxygens (including phenoxy) is 1. The summed E-state index contributed by atoms with van der Waals surface area (Å²) in [5.74, 6) is -0.797. The predicted octanol–water partition coefficient (Wildman–Crippen LogP) is 4.86. The summed E-state index contributed by atoms with van der Waals surface area (Å²) in [5, 5.41) is 14.6. The van der Waals surface area contributed by atoms with Crippen LogP contribution in [0.1, 0.15) is 36.2 Å². The van der Waals surface area contributed by atoms with Gasteiger partial charge in [0.05, 0.1) is 21.8 Å². The second-order valence-corrected chi connectivity index (χ2v) is 7.53. The van der Waals surface area contributed by atoms with E-state index in [9.17, 15) is 14.7 Å². The van der Waals surface area contributed by atoms with Gasteiger partial charge < -0.3 is 14.4 Å². The van der Waals surface area contributed by atoms with Crippen LogP contribution < -0.4 is 10.2 Å². The highest BCUT2D eigenvalue weighted by molar-refractivity contribution is 6.42. The van der Waals surface area contributed by atoms with Crippen LogP contribution in [0.5, 0.6) is 11.8 Å². The predicted molar refractivity (Wildman–Crippen MR) is 109 cm³/mol. The zero-order chi connectivity index (χ0) is 20.7. The lowest BCUT2D eigenvalue weighted by Crippen LogP contribution is -2.21. The number of carboxylic acid groups (broad SMARTS) is 1. The fourth-order valence-corrected chi connectivity index (χ4v) is 3.50. The van der Waals surface area contributed by atoms with E-state index < -0.39 is 11.4 Å². The fourth-order valence-electron chi connectivity index (χ4n) is 3.20. The summed E-state index contributed by atoms with van der Waals surface area (Å²) in [5.41, 5.74) is -0.381. The lowest BCUT2D eigenvalue weighted by atomic mass is 10.0. The van der Waals surface area contributed by atoms with Crippen molar-refractivity contribution in [3.63, 3.8) is 0 Å². The third kappa shape index (κ3) is 3.75. The van der Waals surface area contributed by atoms with Crippen LogP contribution in [-0.2, 0) is 6.54 Å². The van der Waals surface area contributed by atoms with Crippen molar-refractivity contribution in [1.29, 1.82) is 0 Å². The van der Waals surface area contributed by atoms with E-state index in [1.54, 1.807) is 22.8 Å². The molecule has 0 aliphatic heterocycles. The summed E-state index contributed by atoms with van der Waals surface area (Å²) < 4.78 is 9.31. The summed E-state index contributed by atoms with van der Waals surface area (Å²) in [6.07, 6.45) is 3.98. The van der Waals surface area contributed by atoms with Crippen molar-refractivity contribution < 1.29 is 14.6 Å². The van der Waals surface area contributed by atoms with Gasteiger partial charge in [0, 0.05) is 30.4 Å². The second-order valence-electron chi connectivity index (χ2n) is 6.72. The minimum absolute atomic E-state index is 0.197. The Bertz CT molecular complexity index is 1170. The molecule has 0 bridgehead atoms. The smallest absolute Gasteiger partial charge is 0.341 e. The maximum absolute atomic E-state index is 12.7. The molecule has 0 atom stereocenters. The van der Waals surface area contributed by atoms with E-state index in [2.05, 4.69) is 5.10 Å². The van der Waals surface area contributed by atoms with Crippen LogP contribution in [-0.4, -0.2) is 25.4 Å². The van der Waals surface area contributed by atoms with Gasteiger partial charge in [-0.3, -0.25) is 9.48 Å². The summed E-state index contributed by atoms with van der Waals surface area (Å²) in [7, 11) is 0. The van der Waals surface area contributed by atoms with Crippen molar-refractivity contribution in [2.24, 2.45) is 0 Å². The van der Waals surface area contributed by atoms with E-state index in [0.717, 1.165) is 12.8 Å². The van der Waals surface area contributed by atoms with Crippen LogP contribution in [0, 0.1) is 0 Å². The Morgan fingerprint density at radius 2 is 2.00 bits per heavy atom. The van der Waals surface area contributed by atoms with Crippen LogP contribution in [0.4, 0.5) is 0 Å². The highest BCUT2D eigenvalue weighted by atomic mass is 35.5. The molecule has 1 aromatic carbocycles. The third-order valence-electron chi connectivity index (χ3n) is 4.71. The molecule has 0 saturated heterocycles. The molecule has 4 rings (SSSR count). The largest absolute Gasteiger partial charge is 0.477 e. The number of hydrogen-bond donors (Lipinski definition) is 1. The van der Waals surface area contributed by atoms with Gasteiger partial charge in [-0.25, -0.2) is 4.79 Å². The molecule has 1 aliphatic carbocycles. The first-order valence-electron chi connectivity index (χ1n) is 9.08. The summed E-state index contributed by atoms with van der Waals surface area (Å²) >= 11 is 12.1. The normalized spacial score (nSPS) is 13.5. The van der Waals surface area contributed by atoms with Gasteiger partial charge in [-0.1, -0.05) is 29.3 Å². The molecule has 2 heterocycles. The van der Waals surface area contributed by atoms with Gasteiger partial charge in [-0.05, 0) is 31.9 Å². The number of pyridine rings is 1. The summed E-state index contributed by atoms with van der Waals surface area (Å²) in [4.78, 5) is 24.5. The monoisotopic (exact) mass is 433 g/mol. The van der Waals surface area contributed by atoms with Gasteiger partial charge in [0.2, 0.25) is 17.2 Å². The van der Waals surface area contributed by atoms with Crippen molar-refractivity contribution in [2.75, 3.05) is 0 Å². The Kier molecular flexibility index (Phi) is 5.10. The topological polar surface area (TPSA) is 86.4 Å². The molecule has 7 nitrogen and oxygen atoms in total. The summed E-state index contributed by atoms with van der Waals surface area (Å²) in [6.45, 7) is 2.18. The average Bonchev–Trinajstić information content (AvgIpc) is 3.42. The highest BCUT2D eigenvalue weighted by Crippen LogP contribution is 2.36. The number of rotatable bonds is 6. The van der Waals surface area contributed by atoms with Crippen LogP contribution >= 0.6 is 23.2 Å². The number of aromatic carboxylic acids is 1. The molecule has 3 aromatic rings. The van der Waals surface area contributed by atoms with Gasteiger partial charge in [0.1, 0.15) is 5.56 Å². The number of halogens is 2. The van der Waals surface area contributed by atoms with E-state index >= 15 is 0 Å². The molecule has 1 N–H and O–H groups in total. The molecule has 29 heavy (non-hydrogen) atoms. The Labute approximate surface area is 176 Å². The molecule has 1 saturated carbocycles. The zero-order valence-electron chi connectivity index (χ0n) is 15.4. The molecule has 9 heteroatoms. The maximum atomic E-state index is 12.7. The van der Waals surface area contributed by atoms with E-state index in [1.807, 2.05) is 17.8 Å². The first-order valence-corrected chi connectivity index (χ1v) is 9.84. The fraction of sp³-hybridized carbons (Fsp3) is 0.250. The lowest BCUT2D eigenvalue weighted by molar-refractivity contribution is 0.0695. The second kappa shape index (κ2) is 7.57. The number of hydrogen-bond acceptors (Lipinski definition) is 4. The van der Waals surface area contributed by atoms with Crippen LogP contribution in [0.2, 0.25) is 10.0 Å². The van der Waals surface area contributed by atoms with E-state index in [-0.39, 0.29) is 22.2 Å². The Balaban J connectivity index is 1.87. The van der Waals surface area contributed by atoms with Gasteiger partial charge in [-0.2, -0.15) is 0 Å². The van der Waals surface area contributed by atoms with Crippen molar-refractivity contribution in [3.8, 4) is 23.0 Å². The first kappa shape index (κ1) is 19.5. The molecule has 0 spiro atoms. The number of nitrogens with zero attached hydrogens (tertiary/aromatic N) is 3. The van der Waals surface area contributed by atoms with Gasteiger partial charge in [0.25, 0.3) is 0 Å². The van der Waals surface area contributed by atoms with Gasteiger partial charge >= 0.3 is 5.97 Å². The van der Waals surface area contributed by atoms with E-state index in [0.29, 0.717) is 29.1 Å². The van der Waals surface area contributed by atoms with Crippen LogP contribution in [0.15, 0.2) is 41.3 Å². The van der Waals surface area contributed by atoms with Crippen LogP contribution in [0.3, 0.4) is 0 Å². The van der Waals surface area contributed by atoms with Crippen molar-refractivity contribution in [2.45, 2.75) is 32.4 Å². The van der Waals surface area contributed by atoms with E-state index in [1.165, 1.54) is 12.1 Å². The molecule has 0 unspecified atom stereocenters. The summed E-state index contributed by atoms with van der Waals surface area (Å²) in [6, 6.07) is 7.98. The molecule has 2 aromatic heterocycles. The van der Waals surface area contributed by atoms with E-state index in [4.69, 9.17) is 27.9 Å². The SMILES string of the molecule is CCn1c(Oc2ccn(C3CC3)n2)cc(=O)c(C(=O)O)c1-c1ccc(Cl)c(Cl)c1. The Morgan fingerprint density at radius 1 is 1.24 bits per heavy atom. The Hall–Kier alpha value is -2.77. The van der Waals surface area contributed by atoms with Gasteiger partial charge in [-0.15, -0.1) is 5.10 Å². The minimum Gasteiger partial charge on any atom is -0.477 e. The van der Waals surface area contributed by atoms with Crippen molar-refractivity contribution in [1.82, 2.24) is 14.3 Å². The first-order chi connectivity index (χ1) is 13.9. The number of carbonyl (C=O) groups is 1. The zero-order valence-corrected chi connectivity index (χ0v) is 16.9. The lowest BCUT2D eigenvalue weighted by Gasteiger charge is -2.19. The standard InChI is InChI=1S/C20H17Cl2N3O4/c1-2-24-17(29-16-7-8-25(23-16)12-4-5-12)10-15(26)18(20(27)28)19(24)11-3-6-13(21)14(22)9-11/h3,6-10,12H,2,4-5H2,1H3,(H,27,28). The van der Waals surface area contributed by atoms with Crippen LogP contribution in [0.25, 0.3) is 11.3 Å². The maximum Gasteiger partial charge on any atom is 0.341 e. The quantitative estimate of drug-likeness (QED) is 0.599. The van der Waals surface area contributed by atoms with Crippen molar-refractivity contribution >= 4 is 29.2 Å². The van der Waals surface area contributed by atoms with Gasteiger partial charge in [0.15, 0.2) is 0 Å². The third-order valence-corrected chi connectivity index (χ3v) is 5.45.